The van der Waals surface area contributed by atoms with Gasteiger partial charge < -0.3 is 4.43 Å². The van der Waals surface area contributed by atoms with Crippen LogP contribution in [-0.4, -0.2) is 14.3 Å². The first kappa shape index (κ1) is 13.8. The van der Waals surface area contributed by atoms with E-state index in [-0.39, 0.29) is 0 Å². The van der Waals surface area contributed by atoms with E-state index in [9.17, 15) is 18.0 Å². The normalized spacial score (nSPS) is 12.4. The number of rotatable bonds is 2. The van der Waals surface area contributed by atoms with Crippen molar-refractivity contribution in [1.82, 2.24) is 0 Å². The number of hydrogen-bond donors (Lipinski definition) is 0. The monoisotopic (exact) mass is 262 g/mol. The van der Waals surface area contributed by atoms with Gasteiger partial charge in [0.05, 0.1) is 11.1 Å². The Kier molecular flexibility index (Phi) is 3.66. The molecule has 0 fully saturated rings. The lowest BCUT2D eigenvalue weighted by Crippen LogP contribution is -2.30. The van der Waals surface area contributed by atoms with E-state index in [0.717, 1.165) is 12.1 Å². The zero-order valence-corrected chi connectivity index (χ0v) is 10.8. The van der Waals surface area contributed by atoms with Crippen LogP contribution in [0.3, 0.4) is 0 Å². The molecule has 0 saturated heterocycles. The molecule has 17 heavy (non-hydrogen) atoms. The standard InChI is InChI=1S/C11H13F3O2Si/c1-17(2,3)16-10(15)8-6-4-5-7-9(8)11(12,13)14/h4-7H,1-3H3. The number of hydrogen-bond acceptors (Lipinski definition) is 2. The van der Waals surface area contributed by atoms with Gasteiger partial charge in [0.15, 0.2) is 0 Å². The van der Waals surface area contributed by atoms with Gasteiger partial charge in [0.1, 0.15) is 0 Å². The quantitative estimate of drug-likeness (QED) is 0.760. The molecular weight excluding hydrogens is 249 g/mol. The number of carbonyl (C=O) groups is 1. The predicted molar refractivity (Wildman–Crippen MR) is 60.2 cm³/mol. The third-order valence-electron chi connectivity index (χ3n) is 1.85. The minimum atomic E-state index is -4.55. The Morgan fingerprint density at radius 2 is 1.71 bits per heavy atom. The first-order valence-corrected chi connectivity index (χ1v) is 8.41. The third-order valence-corrected chi connectivity index (χ3v) is 2.65. The van der Waals surface area contributed by atoms with Crippen LogP contribution in [0, 0.1) is 0 Å². The third kappa shape index (κ3) is 3.88. The summed E-state index contributed by atoms with van der Waals surface area (Å²) in [6.45, 7) is 5.21. The van der Waals surface area contributed by atoms with Crippen molar-refractivity contribution in [3.05, 3.63) is 35.4 Å². The van der Waals surface area contributed by atoms with Gasteiger partial charge in [-0.2, -0.15) is 13.2 Å². The zero-order chi connectivity index (χ0) is 13.3. The maximum absolute atomic E-state index is 12.6. The van der Waals surface area contributed by atoms with Crippen molar-refractivity contribution >= 4 is 14.3 Å². The van der Waals surface area contributed by atoms with Gasteiger partial charge in [-0.05, 0) is 31.8 Å². The minimum Gasteiger partial charge on any atom is -0.516 e. The van der Waals surface area contributed by atoms with E-state index in [0.29, 0.717) is 0 Å². The zero-order valence-electron chi connectivity index (χ0n) is 9.76. The topological polar surface area (TPSA) is 26.3 Å². The van der Waals surface area contributed by atoms with Gasteiger partial charge in [-0.1, -0.05) is 12.1 Å². The molecule has 0 spiro atoms. The molecule has 1 aromatic carbocycles. The molecule has 0 aromatic heterocycles. The van der Waals surface area contributed by atoms with Gasteiger partial charge in [0.25, 0.3) is 0 Å². The van der Waals surface area contributed by atoms with E-state index in [1.807, 2.05) is 0 Å². The highest BCUT2D eigenvalue weighted by Crippen LogP contribution is 2.32. The fourth-order valence-corrected chi connectivity index (χ4v) is 1.91. The van der Waals surface area contributed by atoms with Crippen molar-refractivity contribution in [1.29, 1.82) is 0 Å². The first-order chi connectivity index (χ1) is 7.61. The van der Waals surface area contributed by atoms with Crippen LogP contribution >= 0.6 is 0 Å². The Labute approximate surface area is 98.5 Å². The molecule has 0 aliphatic rings. The van der Waals surface area contributed by atoms with Crippen LogP contribution < -0.4 is 0 Å². The Morgan fingerprint density at radius 3 is 2.18 bits per heavy atom. The lowest BCUT2D eigenvalue weighted by atomic mass is 10.1. The first-order valence-electron chi connectivity index (χ1n) is 5.01. The summed E-state index contributed by atoms with van der Waals surface area (Å²) in [7, 11) is -2.20. The summed E-state index contributed by atoms with van der Waals surface area (Å²) in [4.78, 5) is 11.6. The van der Waals surface area contributed by atoms with E-state index in [4.69, 9.17) is 4.43 Å². The van der Waals surface area contributed by atoms with Gasteiger partial charge >= 0.3 is 12.1 Å². The summed E-state index contributed by atoms with van der Waals surface area (Å²) < 4.78 is 43.0. The Bertz CT molecular complexity index is 421. The molecule has 0 atom stereocenters. The molecule has 94 valence electrons. The van der Waals surface area contributed by atoms with Crippen LogP contribution in [0.15, 0.2) is 24.3 Å². The van der Waals surface area contributed by atoms with Crippen LogP contribution in [0.4, 0.5) is 13.2 Å². The summed E-state index contributed by atoms with van der Waals surface area (Å²) >= 11 is 0. The van der Waals surface area contributed by atoms with E-state index >= 15 is 0 Å². The SMILES string of the molecule is C[Si](C)(C)OC(=O)c1ccccc1C(F)(F)F. The molecule has 0 unspecified atom stereocenters. The number of carbonyl (C=O) groups excluding carboxylic acids is 1. The molecule has 0 heterocycles. The Balaban J connectivity index is 3.11. The maximum atomic E-state index is 12.6. The molecular formula is C11H13F3O2Si. The highest BCUT2D eigenvalue weighted by atomic mass is 28.4. The van der Waals surface area contributed by atoms with Crippen molar-refractivity contribution < 1.29 is 22.4 Å². The molecule has 0 radical (unpaired) electrons. The van der Waals surface area contributed by atoms with E-state index in [1.165, 1.54) is 12.1 Å². The van der Waals surface area contributed by atoms with E-state index in [1.54, 1.807) is 19.6 Å². The molecule has 1 aromatic rings. The van der Waals surface area contributed by atoms with Crippen LogP contribution in [-0.2, 0) is 10.6 Å². The molecule has 0 aliphatic heterocycles. The van der Waals surface area contributed by atoms with Gasteiger partial charge in [-0.25, -0.2) is 4.79 Å². The molecule has 0 saturated carbocycles. The molecule has 1 rings (SSSR count). The number of halogens is 3. The van der Waals surface area contributed by atoms with Crippen LogP contribution in [0.5, 0.6) is 0 Å². The number of benzene rings is 1. The molecule has 0 aliphatic carbocycles. The van der Waals surface area contributed by atoms with E-state index in [2.05, 4.69) is 0 Å². The largest absolute Gasteiger partial charge is 0.516 e. The number of alkyl halides is 3. The van der Waals surface area contributed by atoms with Crippen molar-refractivity contribution in [2.24, 2.45) is 0 Å². The fraction of sp³-hybridized carbons (Fsp3) is 0.364. The van der Waals surface area contributed by atoms with Crippen molar-refractivity contribution in [3.8, 4) is 0 Å². The van der Waals surface area contributed by atoms with Gasteiger partial charge in [0, 0.05) is 0 Å². The molecule has 2 nitrogen and oxygen atoms in total. The minimum absolute atomic E-state index is 0.428. The van der Waals surface area contributed by atoms with Crippen LogP contribution in [0.25, 0.3) is 0 Å². The predicted octanol–water partition coefficient (Wildman–Crippen LogP) is 3.70. The fourth-order valence-electron chi connectivity index (χ4n) is 1.24. The van der Waals surface area contributed by atoms with Crippen molar-refractivity contribution in [3.63, 3.8) is 0 Å². The average Bonchev–Trinajstić information content (AvgIpc) is 2.13. The smallest absolute Gasteiger partial charge is 0.417 e. The second-order valence-electron chi connectivity index (χ2n) is 4.55. The second-order valence-corrected chi connectivity index (χ2v) is 8.97. The highest BCUT2D eigenvalue weighted by molar-refractivity contribution is 6.71. The molecule has 0 N–H and O–H groups in total. The Morgan fingerprint density at radius 1 is 1.18 bits per heavy atom. The maximum Gasteiger partial charge on any atom is 0.417 e. The van der Waals surface area contributed by atoms with Crippen molar-refractivity contribution in [2.75, 3.05) is 0 Å². The molecule has 6 heteroatoms. The van der Waals surface area contributed by atoms with Crippen LogP contribution in [0.2, 0.25) is 19.6 Å². The summed E-state index contributed by atoms with van der Waals surface area (Å²) in [6, 6.07) is 4.64. The molecule has 0 bridgehead atoms. The summed E-state index contributed by atoms with van der Waals surface area (Å²) in [5, 5.41) is 0. The summed E-state index contributed by atoms with van der Waals surface area (Å²) in [5.41, 5.74) is -1.38. The van der Waals surface area contributed by atoms with Crippen LogP contribution in [0.1, 0.15) is 15.9 Å². The summed E-state index contributed by atoms with van der Waals surface area (Å²) in [6.07, 6.45) is -4.55. The average molecular weight is 262 g/mol. The molecule has 0 amide bonds. The van der Waals surface area contributed by atoms with Gasteiger partial charge in [0.2, 0.25) is 8.32 Å². The van der Waals surface area contributed by atoms with E-state index < -0.39 is 31.6 Å². The lowest BCUT2D eigenvalue weighted by molar-refractivity contribution is -0.138. The van der Waals surface area contributed by atoms with Gasteiger partial charge in [-0.3, -0.25) is 0 Å². The highest BCUT2D eigenvalue weighted by Gasteiger charge is 2.36. The lowest BCUT2D eigenvalue weighted by Gasteiger charge is -2.19. The summed E-state index contributed by atoms with van der Waals surface area (Å²) in [5.74, 6) is -0.905. The Hall–Kier alpha value is -1.30. The van der Waals surface area contributed by atoms with Crippen molar-refractivity contribution in [2.45, 2.75) is 25.8 Å². The van der Waals surface area contributed by atoms with Gasteiger partial charge in [-0.15, -0.1) is 0 Å². The second kappa shape index (κ2) is 4.52.